The van der Waals surface area contributed by atoms with Gasteiger partial charge in [0.25, 0.3) is 5.91 Å². The third-order valence-corrected chi connectivity index (χ3v) is 7.03. The van der Waals surface area contributed by atoms with Gasteiger partial charge in [0.15, 0.2) is 9.84 Å². The highest BCUT2D eigenvalue weighted by Gasteiger charge is 2.31. The Bertz CT molecular complexity index is 1210. The SMILES string of the molecule is CS(=O)(=O)c1ccc(C2=CCC(C3=C(Cc4ccccc4)C(=O)NC(O)N3)CC2)c(F)c1. The van der Waals surface area contributed by atoms with Gasteiger partial charge in [-0.05, 0) is 42.5 Å². The van der Waals surface area contributed by atoms with E-state index in [1.807, 2.05) is 36.4 Å². The van der Waals surface area contributed by atoms with Gasteiger partial charge >= 0.3 is 0 Å². The molecule has 6 nitrogen and oxygen atoms in total. The fraction of sp³-hybridized carbons (Fsp3) is 0.292. The summed E-state index contributed by atoms with van der Waals surface area (Å²) in [6.45, 7) is 0. The van der Waals surface area contributed by atoms with Crippen LogP contribution >= 0.6 is 0 Å². The summed E-state index contributed by atoms with van der Waals surface area (Å²) < 4.78 is 37.9. The fourth-order valence-electron chi connectivity index (χ4n) is 4.27. The predicted octanol–water partition coefficient (Wildman–Crippen LogP) is 2.90. The number of benzene rings is 2. The molecule has 2 aromatic rings. The number of halogens is 1. The first-order chi connectivity index (χ1) is 15.2. The summed E-state index contributed by atoms with van der Waals surface area (Å²) in [6.07, 6.45) is 4.08. The minimum absolute atomic E-state index is 0.0171. The van der Waals surface area contributed by atoms with Crippen LogP contribution in [0, 0.1) is 11.7 Å². The van der Waals surface area contributed by atoms with Crippen molar-refractivity contribution in [2.24, 2.45) is 5.92 Å². The molecule has 4 rings (SSSR count). The van der Waals surface area contributed by atoms with Crippen LogP contribution in [0.4, 0.5) is 4.39 Å². The summed E-state index contributed by atoms with van der Waals surface area (Å²) in [7, 11) is -3.47. The standard InChI is InChI=1S/C24H25FN2O4S/c1-32(30,31)18-11-12-19(21(25)14-18)16-7-9-17(10-8-16)22-20(23(28)27-24(29)26-22)13-15-5-3-2-4-6-15/h2-7,11-12,14,17,24,26,29H,8-10,13H2,1H3,(H,27,28). The molecule has 168 valence electrons. The maximum absolute atomic E-state index is 14.6. The number of carbonyl (C=O) groups excluding carboxylic acids is 1. The van der Waals surface area contributed by atoms with E-state index in [0.717, 1.165) is 23.5 Å². The lowest BCUT2D eigenvalue weighted by atomic mass is 9.82. The molecule has 0 fully saturated rings. The van der Waals surface area contributed by atoms with Crippen molar-refractivity contribution in [1.82, 2.24) is 10.6 Å². The summed E-state index contributed by atoms with van der Waals surface area (Å²) in [5, 5.41) is 15.6. The molecule has 32 heavy (non-hydrogen) atoms. The van der Waals surface area contributed by atoms with Gasteiger partial charge in [-0.2, -0.15) is 0 Å². The number of sulfone groups is 1. The molecule has 2 atom stereocenters. The molecule has 2 aliphatic rings. The first-order valence-corrected chi connectivity index (χ1v) is 12.3. The first-order valence-electron chi connectivity index (χ1n) is 10.4. The summed E-state index contributed by atoms with van der Waals surface area (Å²) in [5.41, 5.74) is 3.50. The Morgan fingerprint density at radius 1 is 1.12 bits per heavy atom. The number of aliphatic hydroxyl groups is 1. The highest BCUT2D eigenvalue weighted by molar-refractivity contribution is 7.90. The van der Waals surface area contributed by atoms with Crippen molar-refractivity contribution in [2.45, 2.75) is 36.9 Å². The minimum atomic E-state index is -3.47. The molecule has 2 aromatic carbocycles. The van der Waals surface area contributed by atoms with Gasteiger partial charge in [-0.3, -0.25) is 4.79 Å². The van der Waals surface area contributed by atoms with E-state index in [1.165, 1.54) is 12.1 Å². The number of allylic oxidation sites excluding steroid dienone is 3. The molecule has 1 aliphatic heterocycles. The van der Waals surface area contributed by atoms with Crippen molar-refractivity contribution >= 4 is 21.3 Å². The lowest BCUT2D eigenvalue weighted by Gasteiger charge is -2.33. The van der Waals surface area contributed by atoms with E-state index in [1.54, 1.807) is 0 Å². The molecule has 1 aliphatic carbocycles. The Labute approximate surface area is 186 Å². The topological polar surface area (TPSA) is 95.5 Å². The van der Waals surface area contributed by atoms with Gasteiger partial charge in [0.05, 0.1) is 4.90 Å². The van der Waals surface area contributed by atoms with Crippen molar-refractivity contribution in [3.05, 3.63) is 82.8 Å². The molecular formula is C24H25FN2O4S. The maximum Gasteiger partial charge on any atom is 0.252 e. The zero-order chi connectivity index (χ0) is 22.9. The van der Waals surface area contributed by atoms with E-state index in [-0.39, 0.29) is 16.7 Å². The van der Waals surface area contributed by atoms with E-state index in [2.05, 4.69) is 10.6 Å². The van der Waals surface area contributed by atoms with Crippen molar-refractivity contribution in [1.29, 1.82) is 0 Å². The summed E-state index contributed by atoms with van der Waals surface area (Å²) in [5.74, 6) is -0.879. The zero-order valence-electron chi connectivity index (χ0n) is 17.6. The van der Waals surface area contributed by atoms with E-state index >= 15 is 0 Å². The number of amides is 1. The maximum atomic E-state index is 14.6. The Morgan fingerprint density at radius 2 is 1.88 bits per heavy atom. The number of rotatable bonds is 5. The van der Waals surface area contributed by atoms with Crippen LogP contribution in [-0.2, 0) is 21.1 Å². The Morgan fingerprint density at radius 3 is 2.50 bits per heavy atom. The second-order valence-electron chi connectivity index (χ2n) is 8.19. The fourth-order valence-corrected chi connectivity index (χ4v) is 4.90. The molecule has 1 heterocycles. The second kappa shape index (κ2) is 8.88. The van der Waals surface area contributed by atoms with Crippen molar-refractivity contribution in [3.8, 4) is 0 Å². The Kier molecular flexibility index (Phi) is 6.17. The monoisotopic (exact) mass is 456 g/mol. The van der Waals surface area contributed by atoms with Gasteiger partial charge in [-0.1, -0.05) is 42.5 Å². The van der Waals surface area contributed by atoms with Crippen LogP contribution in [0.15, 0.2) is 70.8 Å². The van der Waals surface area contributed by atoms with Crippen LogP contribution in [0.1, 0.15) is 30.4 Å². The molecule has 0 bridgehead atoms. The first kappa shape index (κ1) is 22.2. The molecule has 1 amide bonds. The van der Waals surface area contributed by atoms with E-state index in [4.69, 9.17) is 0 Å². The Hall–Kier alpha value is -2.97. The molecule has 0 aromatic heterocycles. The zero-order valence-corrected chi connectivity index (χ0v) is 18.5. The number of carbonyl (C=O) groups is 1. The lowest BCUT2D eigenvalue weighted by Crippen LogP contribution is -2.52. The number of nitrogens with one attached hydrogen (secondary N) is 2. The van der Waals surface area contributed by atoms with E-state index < -0.39 is 22.0 Å². The van der Waals surface area contributed by atoms with Crippen LogP contribution in [0.2, 0.25) is 0 Å². The number of hydrogen-bond donors (Lipinski definition) is 3. The van der Waals surface area contributed by atoms with E-state index in [0.29, 0.717) is 42.5 Å². The largest absolute Gasteiger partial charge is 0.356 e. The van der Waals surface area contributed by atoms with Gasteiger partial charge in [-0.15, -0.1) is 0 Å². The average molecular weight is 457 g/mol. The van der Waals surface area contributed by atoms with Gasteiger partial charge in [0.2, 0.25) is 6.35 Å². The van der Waals surface area contributed by atoms with Crippen molar-refractivity contribution in [3.63, 3.8) is 0 Å². The van der Waals surface area contributed by atoms with Crippen LogP contribution in [0.5, 0.6) is 0 Å². The second-order valence-corrected chi connectivity index (χ2v) is 10.2. The van der Waals surface area contributed by atoms with Crippen LogP contribution in [-0.4, -0.2) is 32.0 Å². The highest BCUT2D eigenvalue weighted by atomic mass is 32.2. The molecule has 0 radical (unpaired) electrons. The number of hydrogen-bond acceptors (Lipinski definition) is 5. The minimum Gasteiger partial charge on any atom is -0.356 e. The third kappa shape index (κ3) is 4.76. The molecule has 2 unspecified atom stereocenters. The molecule has 0 saturated carbocycles. The molecule has 8 heteroatoms. The molecule has 0 spiro atoms. The van der Waals surface area contributed by atoms with Crippen molar-refractivity contribution in [2.75, 3.05) is 6.26 Å². The molecule has 3 N–H and O–H groups in total. The van der Waals surface area contributed by atoms with Crippen molar-refractivity contribution < 1.29 is 22.7 Å². The smallest absolute Gasteiger partial charge is 0.252 e. The van der Waals surface area contributed by atoms with Crippen LogP contribution in [0.25, 0.3) is 5.57 Å². The van der Waals surface area contributed by atoms with Gasteiger partial charge in [-0.25, -0.2) is 12.8 Å². The quantitative estimate of drug-likeness (QED) is 0.643. The summed E-state index contributed by atoms with van der Waals surface area (Å²) in [6, 6.07) is 13.6. The predicted molar refractivity (Wildman–Crippen MR) is 119 cm³/mol. The summed E-state index contributed by atoms with van der Waals surface area (Å²) >= 11 is 0. The highest BCUT2D eigenvalue weighted by Crippen LogP contribution is 2.36. The molecular weight excluding hydrogens is 431 g/mol. The normalized spacial score (nSPS) is 21.6. The summed E-state index contributed by atoms with van der Waals surface area (Å²) in [4.78, 5) is 12.6. The Balaban J connectivity index is 1.60. The lowest BCUT2D eigenvalue weighted by molar-refractivity contribution is -0.122. The molecule has 0 saturated heterocycles. The average Bonchev–Trinajstić information content (AvgIpc) is 2.76. The van der Waals surface area contributed by atoms with Gasteiger partial charge < -0.3 is 15.7 Å². The van der Waals surface area contributed by atoms with Crippen LogP contribution < -0.4 is 10.6 Å². The van der Waals surface area contributed by atoms with Gasteiger partial charge in [0, 0.05) is 35.4 Å². The van der Waals surface area contributed by atoms with E-state index in [9.17, 15) is 22.7 Å². The number of aliphatic hydroxyl groups excluding tert-OH is 1. The van der Waals surface area contributed by atoms with Crippen LogP contribution in [0.3, 0.4) is 0 Å². The third-order valence-electron chi connectivity index (χ3n) is 5.92. The van der Waals surface area contributed by atoms with Gasteiger partial charge in [0.1, 0.15) is 5.82 Å².